The van der Waals surface area contributed by atoms with Crippen molar-refractivity contribution in [3.05, 3.63) is 47.5 Å². The third-order valence-corrected chi connectivity index (χ3v) is 4.76. The third kappa shape index (κ3) is 4.47. The summed E-state index contributed by atoms with van der Waals surface area (Å²) in [6, 6.07) is 4.74. The van der Waals surface area contributed by atoms with Gasteiger partial charge in [-0.15, -0.1) is 10.2 Å². The Kier molecular flexibility index (Phi) is 5.79. The summed E-state index contributed by atoms with van der Waals surface area (Å²) < 4.78 is 45.7. The fourth-order valence-corrected chi connectivity index (χ4v) is 3.30. The second-order valence-corrected chi connectivity index (χ2v) is 6.50. The Labute approximate surface area is 154 Å². The summed E-state index contributed by atoms with van der Waals surface area (Å²) in [4.78, 5) is 14.2. The van der Waals surface area contributed by atoms with E-state index in [0.29, 0.717) is 39.0 Å². The van der Waals surface area contributed by atoms with Gasteiger partial charge in [-0.1, -0.05) is 6.07 Å². The molecule has 1 aromatic carbocycles. The molecular weight excluding hydrogens is 361 g/mol. The molecule has 2 aromatic rings. The monoisotopic (exact) mass is 382 g/mol. The first-order valence-electron chi connectivity index (χ1n) is 8.74. The van der Waals surface area contributed by atoms with Gasteiger partial charge in [0.05, 0.1) is 12.2 Å². The Hall–Kier alpha value is -2.42. The van der Waals surface area contributed by atoms with Crippen molar-refractivity contribution < 1.29 is 22.7 Å². The van der Waals surface area contributed by atoms with Gasteiger partial charge in [0.25, 0.3) is 5.91 Å². The Morgan fingerprint density at radius 3 is 2.70 bits per heavy atom. The highest BCUT2D eigenvalue weighted by Gasteiger charge is 2.32. The molecule has 27 heavy (non-hydrogen) atoms. The number of piperidine rings is 1. The van der Waals surface area contributed by atoms with Crippen LogP contribution in [0.15, 0.2) is 30.6 Å². The molecule has 1 aliphatic heterocycles. The Balaban J connectivity index is 1.64. The lowest BCUT2D eigenvalue weighted by atomic mass is 10.0. The molecule has 9 heteroatoms. The summed E-state index contributed by atoms with van der Waals surface area (Å²) >= 11 is 0. The van der Waals surface area contributed by atoms with Crippen molar-refractivity contribution in [3.63, 3.8) is 0 Å². The number of benzene rings is 1. The topological polar surface area (TPSA) is 60.3 Å². The van der Waals surface area contributed by atoms with Crippen LogP contribution < -0.4 is 0 Å². The minimum Gasteiger partial charge on any atom is -0.384 e. The Morgan fingerprint density at radius 1 is 1.30 bits per heavy atom. The summed E-state index contributed by atoms with van der Waals surface area (Å²) in [6.07, 6.45) is -0.735. The standard InChI is InChI=1S/C18H21F3N4O2/c1-27-10-7-16-23-22-12-25(16)15-5-8-24(9-6-15)17(26)13-3-2-4-14(11-13)18(19,20)21/h2-4,11-12,15H,5-10H2,1H3. The molecule has 1 aliphatic rings. The minimum atomic E-state index is -4.46. The van der Waals surface area contributed by atoms with Gasteiger partial charge in [0.15, 0.2) is 0 Å². The van der Waals surface area contributed by atoms with Gasteiger partial charge in [-0.25, -0.2) is 0 Å². The molecule has 0 saturated carbocycles. The van der Waals surface area contributed by atoms with E-state index in [-0.39, 0.29) is 17.5 Å². The lowest BCUT2D eigenvalue weighted by Crippen LogP contribution is -2.39. The summed E-state index contributed by atoms with van der Waals surface area (Å²) in [6.45, 7) is 1.49. The number of carbonyl (C=O) groups is 1. The molecule has 1 amide bonds. The normalized spacial score (nSPS) is 15.9. The number of amides is 1. The maximum Gasteiger partial charge on any atom is 0.416 e. The van der Waals surface area contributed by atoms with E-state index in [1.54, 1.807) is 18.3 Å². The van der Waals surface area contributed by atoms with E-state index in [2.05, 4.69) is 10.2 Å². The number of carbonyl (C=O) groups excluding carboxylic acids is 1. The van der Waals surface area contributed by atoms with Gasteiger partial charge in [0.2, 0.25) is 0 Å². The number of likely N-dealkylation sites (tertiary alicyclic amines) is 1. The lowest BCUT2D eigenvalue weighted by molar-refractivity contribution is -0.137. The molecule has 1 aromatic heterocycles. The number of halogens is 3. The maximum atomic E-state index is 12.9. The van der Waals surface area contributed by atoms with Crippen LogP contribution in [0.1, 0.15) is 40.6 Å². The second-order valence-electron chi connectivity index (χ2n) is 6.50. The van der Waals surface area contributed by atoms with Crippen LogP contribution in [0.2, 0.25) is 0 Å². The highest BCUT2D eigenvalue weighted by Crippen LogP contribution is 2.30. The SMILES string of the molecule is COCCc1nncn1C1CCN(C(=O)c2cccc(C(F)(F)F)c2)CC1. The first kappa shape index (κ1) is 19.3. The molecule has 0 spiro atoms. The van der Waals surface area contributed by atoms with Gasteiger partial charge < -0.3 is 14.2 Å². The quantitative estimate of drug-likeness (QED) is 0.798. The van der Waals surface area contributed by atoms with Crippen LogP contribution >= 0.6 is 0 Å². The van der Waals surface area contributed by atoms with Gasteiger partial charge in [-0.3, -0.25) is 4.79 Å². The molecule has 2 heterocycles. The zero-order valence-electron chi connectivity index (χ0n) is 14.9. The molecule has 1 saturated heterocycles. The molecule has 0 bridgehead atoms. The zero-order chi connectivity index (χ0) is 19.4. The van der Waals surface area contributed by atoms with Crippen molar-refractivity contribution in [1.29, 1.82) is 0 Å². The van der Waals surface area contributed by atoms with Crippen LogP contribution in [0, 0.1) is 0 Å². The number of aromatic nitrogens is 3. The van der Waals surface area contributed by atoms with Gasteiger partial charge in [0.1, 0.15) is 12.2 Å². The largest absolute Gasteiger partial charge is 0.416 e. The Bertz CT molecular complexity index is 783. The lowest BCUT2D eigenvalue weighted by Gasteiger charge is -2.33. The van der Waals surface area contributed by atoms with Crippen molar-refractivity contribution in [3.8, 4) is 0 Å². The van der Waals surface area contributed by atoms with Crippen molar-refractivity contribution in [2.24, 2.45) is 0 Å². The highest BCUT2D eigenvalue weighted by molar-refractivity contribution is 5.94. The van der Waals surface area contributed by atoms with Gasteiger partial charge >= 0.3 is 6.18 Å². The minimum absolute atomic E-state index is 0.0633. The predicted octanol–water partition coefficient (Wildman–Crippen LogP) is 2.96. The number of hydrogen-bond donors (Lipinski definition) is 0. The van der Waals surface area contributed by atoms with Crippen LogP contribution in [0.25, 0.3) is 0 Å². The average molecular weight is 382 g/mol. The summed E-state index contributed by atoms with van der Waals surface area (Å²) in [5.41, 5.74) is -0.746. The third-order valence-electron chi connectivity index (χ3n) is 4.76. The molecule has 6 nitrogen and oxygen atoms in total. The summed E-state index contributed by atoms with van der Waals surface area (Å²) in [5.74, 6) is 0.461. The van der Waals surface area contributed by atoms with Crippen molar-refractivity contribution in [1.82, 2.24) is 19.7 Å². The van der Waals surface area contributed by atoms with Gasteiger partial charge in [0, 0.05) is 38.2 Å². The predicted molar refractivity (Wildman–Crippen MR) is 91.2 cm³/mol. The number of methoxy groups -OCH3 is 1. The fraction of sp³-hybridized carbons (Fsp3) is 0.500. The number of alkyl halides is 3. The van der Waals surface area contributed by atoms with Crippen LogP contribution in [-0.4, -0.2) is 52.4 Å². The molecule has 0 N–H and O–H groups in total. The van der Waals surface area contributed by atoms with E-state index >= 15 is 0 Å². The number of hydrogen-bond acceptors (Lipinski definition) is 4. The van der Waals surface area contributed by atoms with E-state index in [9.17, 15) is 18.0 Å². The molecular formula is C18H21F3N4O2. The maximum absolute atomic E-state index is 12.9. The van der Waals surface area contributed by atoms with E-state index in [1.165, 1.54) is 12.1 Å². The Morgan fingerprint density at radius 2 is 2.04 bits per heavy atom. The first-order valence-corrected chi connectivity index (χ1v) is 8.74. The molecule has 146 valence electrons. The van der Waals surface area contributed by atoms with Gasteiger partial charge in [-0.05, 0) is 31.0 Å². The molecule has 0 aliphatic carbocycles. The van der Waals surface area contributed by atoms with Crippen molar-refractivity contribution >= 4 is 5.91 Å². The van der Waals surface area contributed by atoms with Crippen LogP contribution in [0.4, 0.5) is 13.2 Å². The van der Waals surface area contributed by atoms with E-state index in [0.717, 1.165) is 18.0 Å². The van der Waals surface area contributed by atoms with E-state index in [1.807, 2.05) is 4.57 Å². The zero-order valence-corrected chi connectivity index (χ0v) is 14.9. The highest BCUT2D eigenvalue weighted by atomic mass is 19.4. The van der Waals surface area contributed by atoms with Crippen molar-refractivity contribution in [2.75, 3.05) is 26.8 Å². The molecule has 0 radical (unpaired) electrons. The number of nitrogens with zero attached hydrogens (tertiary/aromatic N) is 4. The number of rotatable bonds is 5. The number of ether oxygens (including phenoxy) is 1. The molecule has 1 fully saturated rings. The molecule has 0 atom stereocenters. The van der Waals surface area contributed by atoms with Gasteiger partial charge in [-0.2, -0.15) is 13.2 Å². The average Bonchev–Trinajstić information content (AvgIpc) is 3.14. The van der Waals surface area contributed by atoms with E-state index in [4.69, 9.17) is 4.74 Å². The fourth-order valence-electron chi connectivity index (χ4n) is 3.30. The van der Waals surface area contributed by atoms with Crippen LogP contribution in [-0.2, 0) is 17.3 Å². The smallest absolute Gasteiger partial charge is 0.384 e. The molecule has 3 rings (SSSR count). The first-order chi connectivity index (χ1) is 12.9. The van der Waals surface area contributed by atoms with Crippen LogP contribution in [0.3, 0.4) is 0 Å². The van der Waals surface area contributed by atoms with E-state index < -0.39 is 11.7 Å². The van der Waals surface area contributed by atoms with Crippen molar-refractivity contribution in [2.45, 2.75) is 31.5 Å². The second kappa shape index (κ2) is 8.08. The summed E-state index contributed by atoms with van der Waals surface area (Å²) in [5, 5.41) is 8.06. The van der Waals surface area contributed by atoms with Crippen LogP contribution in [0.5, 0.6) is 0 Å². The molecule has 0 unspecified atom stereocenters. The summed E-state index contributed by atoms with van der Waals surface area (Å²) in [7, 11) is 1.62.